The Balaban J connectivity index is 1.84. The molecule has 3 nitrogen and oxygen atoms in total. The van der Waals surface area contributed by atoms with E-state index in [1.54, 1.807) is 11.2 Å². The number of rotatable bonds is 5. The summed E-state index contributed by atoms with van der Waals surface area (Å²) < 4.78 is 25.1. The summed E-state index contributed by atoms with van der Waals surface area (Å²) in [5.41, 5.74) is 0. The van der Waals surface area contributed by atoms with E-state index in [-0.39, 0.29) is 5.75 Å². The van der Waals surface area contributed by atoms with Gasteiger partial charge in [-0.05, 0) is 31.4 Å². The van der Waals surface area contributed by atoms with Crippen molar-refractivity contribution < 1.29 is 8.42 Å². The van der Waals surface area contributed by atoms with Crippen LogP contribution in [0.2, 0.25) is 0 Å². The number of nitrogens with zero attached hydrogens (tertiary/aromatic N) is 1. The number of thioether (sulfide) groups is 1. The predicted octanol–water partition coefficient (Wildman–Crippen LogP) is 2.45. The number of hydrogen-bond donors (Lipinski definition) is 0. The fourth-order valence-electron chi connectivity index (χ4n) is 2.10. The van der Waals surface area contributed by atoms with E-state index in [9.17, 15) is 8.42 Å². The number of hydrogen-bond acceptors (Lipinski definition) is 3. The van der Waals surface area contributed by atoms with Crippen molar-refractivity contribution in [3.05, 3.63) is 30.3 Å². The standard InChI is InChI=1S/C13H19NO2S2/c1-2-18(15,16)14-9-8-12(10-14)11-17-13-6-4-3-5-7-13/h3-7,12H,2,8-11H2,1H3. The first-order chi connectivity index (χ1) is 8.62. The summed E-state index contributed by atoms with van der Waals surface area (Å²) in [5, 5.41) is 0. The maximum absolute atomic E-state index is 11.7. The van der Waals surface area contributed by atoms with Gasteiger partial charge in [0.25, 0.3) is 0 Å². The van der Waals surface area contributed by atoms with E-state index in [2.05, 4.69) is 12.1 Å². The summed E-state index contributed by atoms with van der Waals surface area (Å²) in [7, 11) is -2.99. The molecule has 0 bridgehead atoms. The van der Waals surface area contributed by atoms with Gasteiger partial charge >= 0.3 is 0 Å². The quantitative estimate of drug-likeness (QED) is 0.780. The van der Waals surface area contributed by atoms with Crippen molar-refractivity contribution in [2.45, 2.75) is 18.2 Å². The molecule has 0 aliphatic carbocycles. The molecular formula is C13H19NO2S2. The van der Waals surface area contributed by atoms with Crippen molar-refractivity contribution in [3.8, 4) is 0 Å². The molecule has 1 aliphatic heterocycles. The minimum atomic E-state index is -2.99. The topological polar surface area (TPSA) is 37.4 Å². The molecule has 1 aliphatic rings. The Morgan fingerprint density at radius 1 is 1.33 bits per heavy atom. The highest BCUT2D eigenvalue weighted by Gasteiger charge is 2.29. The Labute approximate surface area is 114 Å². The van der Waals surface area contributed by atoms with E-state index in [4.69, 9.17) is 0 Å². The first-order valence-electron chi connectivity index (χ1n) is 6.27. The monoisotopic (exact) mass is 285 g/mol. The summed E-state index contributed by atoms with van der Waals surface area (Å²) in [4.78, 5) is 1.26. The molecule has 0 N–H and O–H groups in total. The molecule has 0 aromatic heterocycles. The van der Waals surface area contributed by atoms with Gasteiger partial charge in [-0.3, -0.25) is 0 Å². The molecule has 1 heterocycles. The lowest BCUT2D eigenvalue weighted by Gasteiger charge is -2.15. The average Bonchev–Trinajstić information content (AvgIpc) is 2.87. The Bertz CT molecular complexity index is 473. The van der Waals surface area contributed by atoms with E-state index < -0.39 is 10.0 Å². The zero-order valence-electron chi connectivity index (χ0n) is 10.6. The highest BCUT2D eigenvalue weighted by atomic mass is 32.2. The van der Waals surface area contributed by atoms with Crippen LogP contribution in [0.4, 0.5) is 0 Å². The fraction of sp³-hybridized carbons (Fsp3) is 0.538. The maximum Gasteiger partial charge on any atom is 0.213 e. The van der Waals surface area contributed by atoms with Gasteiger partial charge < -0.3 is 0 Å². The minimum Gasteiger partial charge on any atom is -0.212 e. The van der Waals surface area contributed by atoms with Crippen LogP contribution in [0.15, 0.2) is 35.2 Å². The van der Waals surface area contributed by atoms with Crippen molar-refractivity contribution in [1.29, 1.82) is 0 Å². The van der Waals surface area contributed by atoms with Crippen molar-refractivity contribution in [2.75, 3.05) is 24.6 Å². The van der Waals surface area contributed by atoms with Crippen molar-refractivity contribution in [2.24, 2.45) is 5.92 Å². The lowest BCUT2D eigenvalue weighted by atomic mass is 10.2. The molecule has 1 unspecified atom stereocenters. The van der Waals surface area contributed by atoms with Gasteiger partial charge in [0.1, 0.15) is 0 Å². The van der Waals surface area contributed by atoms with E-state index >= 15 is 0 Å². The molecular weight excluding hydrogens is 266 g/mol. The minimum absolute atomic E-state index is 0.214. The predicted molar refractivity (Wildman–Crippen MR) is 76.3 cm³/mol. The van der Waals surface area contributed by atoms with Crippen LogP contribution in [0.1, 0.15) is 13.3 Å². The van der Waals surface area contributed by atoms with Crippen LogP contribution in [0.3, 0.4) is 0 Å². The molecule has 18 heavy (non-hydrogen) atoms. The van der Waals surface area contributed by atoms with Gasteiger partial charge in [0, 0.05) is 23.7 Å². The van der Waals surface area contributed by atoms with Crippen LogP contribution in [0, 0.1) is 5.92 Å². The Kier molecular flexibility index (Phi) is 4.70. The smallest absolute Gasteiger partial charge is 0.212 e. The maximum atomic E-state index is 11.7. The van der Waals surface area contributed by atoms with E-state index in [1.165, 1.54) is 4.90 Å². The van der Waals surface area contributed by atoms with Crippen molar-refractivity contribution in [3.63, 3.8) is 0 Å². The van der Waals surface area contributed by atoms with Gasteiger partial charge in [0.15, 0.2) is 0 Å². The van der Waals surface area contributed by atoms with Crippen LogP contribution < -0.4 is 0 Å². The molecule has 2 rings (SSSR count). The number of sulfonamides is 1. The molecule has 1 aromatic rings. The molecule has 0 spiro atoms. The third-order valence-corrected chi connectivity index (χ3v) is 6.33. The van der Waals surface area contributed by atoms with E-state index in [0.717, 1.165) is 12.2 Å². The van der Waals surface area contributed by atoms with E-state index in [1.807, 2.05) is 30.0 Å². The van der Waals surface area contributed by atoms with Crippen molar-refractivity contribution in [1.82, 2.24) is 4.31 Å². The first kappa shape index (κ1) is 13.9. The summed E-state index contributed by atoms with van der Waals surface area (Å²) in [6, 6.07) is 10.3. The van der Waals surface area contributed by atoms with Crippen LogP contribution >= 0.6 is 11.8 Å². The third-order valence-electron chi connectivity index (χ3n) is 3.24. The molecule has 1 saturated heterocycles. The molecule has 1 aromatic carbocycles. The molecule has 1 atom stereocenters. The molecule has 0 radical (unpaired) electrons. The summed E-state index contributed by atoms with van der Waals surface area (Å²) >= 11 is 1.82. The SMILES string of the molecule is CCS(=O)(=O)N1CCC(CSc2ccccc2)C1. The fourth-order valence-corrected chi connectivity index (χ4v) is 4.34. The molecule has 0 amide bonds. The van der Waals surface area contributed by atoms with Crippen molar-refractivity contribution >= 4 is 21.8 Å². The normalized spacial score (nSPS) is 21.3. The Morgan fingerprint density at radius 2 is 2.06 bits per heavy atom. The Morgan fingerprint density at radius 3 is 2.72 bits per heavy atom. The summed E-state index contributed by atoms with van der Waals surface area (Å²) in [6.45, 7) is 3.09. The highest BCUT2D eigenvalue weighted by Crippen LogP contribution is 2.27. The van der Waals surface area contributed by atoms with Gasteiger partial charge in [-0.1, -0.05) is 18.2 Å². The summed E-state index contributed by atoms with van der Waals surface area (Å²) in [6.07, 6.45) is 0.985. The second-order valence-corrected chi connectivity index (χ2v) is 7.89. The lowest BCUT2D eigenvalue weighted by molar-refractivity contribution is 0.466. The second kappa shape index (κ2) is 6.08. The molecule has 100 valence electrons. The van der Waals surface area contributed by atoms with Crippen LogP contribution in [-0.4, -0.2) is 37.3 Å². The van der Waals surface area contributed by atoms with Gasteiger partial charge in [0.05, 0.1) is 5.75 Å². The lowest BCUT2D eigenvalue weighted by Crippen LogP contribution is -2.30. The Hall–Kier alpha value is -0.520. The van der Waals surface area contributed by atoms with Crippen LogP contribution in [-0.2, 0) is 10.0 Å². The van der Waals surface area contributed by atoms with Crippen LogP contribution in [0.25, 0.3) is 0 Å². The van der Waals surface area contributed by atoms with Gasteiger partial charge in [-0.2, -0.15) is 0 Å². The van der Waals surface area contributed by atoms with E-state index in [0.29, 0.717) is 19.0 Å². The zero-order chi connectivity index (χ0) is 13.0. The first-order valence-corrected chi connectivity index (χ1v) is 8.87. The molecule has 0 saturated carbocycles. The summed E-state index contributed by atoms with van der Waals surface area (Å²) in [5.74, 6) is 1.70. The second-order valence-electron chi connectivity index (χ2n) is 4.54. The highest BCUT2D eigenvalue weighted by molar-refractivity contribution is 7.99. The van der Waals surface area contributed by atoms with Gasteiger partial charge in [0.2, 0.25) is 10.0 Å². The molecule has 5 heteroatoms. The van der Waals surface area contributed by atoms with Crippen LogP contribution in [0.5, 0.6) is 0 Å². The average molecular weight is 285 g/mol. The largest absolute Gasteiger partial charge is 0.213 e. The third kappa shape index (κ3) is 3.49. The van der Waals surface area contributed by atoms with Gasteiger partial charge in [-0.15, -0.1) is 11.8 Å². The van der Waals surface area contributed by atoms with Gasteiger partial charge in [-0.25, -0.2) is 12.7 Å². The zero-order valence-corrected chi connectivity index (χ0v) is 12.2. The molecule has 1 fully saturated rings. The number of benzene rings is 1.